The van der Waals surface area contributed by atoms with E-state index in [-0.39, 0.29) is 0 Å². The molecule has 3 aromatic heterocycles. The molecule has 0 atom stereocenters. The molecule has 0 saturated heterocycles. The lowest BCUT2D eigenvalue weighted by Crippen LogP contribution is -2.08. The molecule has 0 saturated carbocycles. The van der Waals surface area contributed by atoms with Gasteiger partial charge in [-0.15, -0.1) is 0 Å². The summed E-state index contributed by atoms with van der Waals surface area (Å²) in [7, 11) is 0. The van der Waals surface area contributed by atoms with Crippen molar-refractivity contribution >= 4 is 12.0 Å². The van der Waals surface area contributed by atoms with Crippen LogP contribution < -0.4 is 5.32 Å². The summed E-state index contributed by atoms with van der Waals surface area (Å²) in [6.07, 6.45) is 11.1. The van der Waals surface area contributed by atoms with Crippen molar-refractivity contribution in [1.82, 2.24) is 29.3 Å². The summed E-state index contributed by atoms with van der Waals surface area (Å²) in [6, 6.07) is 12.0. The van der Waals surface area contributed by atoms with Gasteiger partial charge >= 0.3 is 0 Å². The molecule has 0 aliphatic carbocycles. The van der Waals surface area contributed by atoms with Gasteiger partial charge in [-0.2, -0.15) is 15.3 Å². The molecule has 130 valence electrons. The number of para-hydroxylation sites is 1. The van der Waals surface area contributed by atoms with E-state index >= 15 is 0 Å². The van der Waals surface area contributed by atoms with Gasteiger partial charge in [-0.3, -0.25) is 0 Å². The lowest BCUT2D eigenvalue weighted by Gasteiger charge is -2.08. The number of hydrogen-bond donors (Lipinski definition) is 1. The molecule has 26 heavy (non-hydrogen) atoms. The van der Waals surface area contributed by atoms with Crippen molar-refractivity contribution < 1.29 is 0 Å². The summed E-state index contributed by atoms with van der Waals surface area (Å²) in [5.41, 5.74) is 3.20. The number of hydrogen-bond acceptors (Lipinski definition) is 4. The molecule has 0 bridgehead atoms. The highest BCUT2D eigenvalue weighted by atomic mass is 15.3. The Hall–Kier alpha value is -3.61. The molecule has 1 N–H and O–H groups in total. The van der Waals surface area contributed by atoms with Crippen LogP contribution in [0.15, 0.2) is 74.0 Å². The average molecular weight is 345 g/mol. The average Bonchev–Trinajstić information content (AvgIpc) is 3.42. The van der Waals surface area contributed by atoms with Gasteiger partial charge in [0.05, 0.1) is 30.8 Å². The second-order valence-corrected chi connectivity index (χ2v) is 5.87. The first-order chi connectivity index (χ1) is 12.8. The van der Waals surface area contributed by atoms with Crippen molar-refractivity contribution in [3.63, 3.8) is 0 Å². The molecule has 0 fully saturated rings. The van der Waals surface area contributed by atoms with E-state index in [1.165, 1.54) is 0 Å². The molecule has 0 radical (unpaired) electrons. The van der Waals surface area contributed by atoms with E-state index in [0.717, 1.165) is 22.6 Å². The monoisotopic (exact) mass is 345 g/mol. The zero-order chi connectivity index (χ0) is 17.8. The van der Waals surface area contributed by atoms with Gasteiger partial charge in [0.1, 0.15) is 5.82 Å². The van der Waals surface area contributed by atoms with E-state index in [4.69, 9.17) is 0 Å². The van der Waals surface area contributed by atoms with Gasteiger partial charge in [-0.1, -0.05) is 24.8 Å². The van der Waals surface area contributed by atoms with Crippen LogP contribution in [0.5, 0.6) is 0 Å². The molecule has 3 heterocycles. The largest absolute Gasteiger partial charge is 0.366 e. The van der Waals surface area contributed by atoms with Crippen molar-refractivity contribution in [3.05, 3.63) is 85.1 Å². The highest BCUT2D eigenvalue weighted by molar-refractivity contribution is 5.36. The first kappa shape index (κ1) is 15.9. The van der Waals surface area contributed by atoms with Crippen LogP contribution >= 0.6 is 0 Å². The summed E-state index contributed by atoms with van der Waals surface area (Å²) in [5, 5.41) is 16.4. The normalized spacial score (nSPS) is 10.8. The zero-order valence-corrected chi connectivity index (χ0v) is 14.2. The molecule has 0 aliphatic heterocycles. The Bertz CT molecular complexity index is 994. The van der Waals surface area contributed by atoms with Crippen LogP contribution in [0.4, 0.5) is 5.82 Å². The third-order valence-electron chi connectivity index (χ3n) is 4.02. The van der Waals surface area contributed by atoms with Crippen LogP contribution in [0.25, 0.3) is 11.9 Å². The Morgan fingerprint density at radius 2 is 1.81 bits per heavy atom. The van der Waals surface area contributed by atoms with E-state index in [2.05, 4.69) is 27.2 Å². The van der Waals surface area contributed by atoms with E-state index in [9.17, 15) is 0 Å². The molecule has 0 amide bonds. The van der Waals surface area contributed by atoms with Crippen molar-refractivity contribution in [3.8, 4) is 5.69 Å². The topological polar surface area (TPSA) is 65.5 Å². The van der Waals surface area contributed by atoms with Gasteiger partial charge in [-0.05, 0) is 12.1 Å². The fourth-order valence-electron chi connectivity index (χ4n) is 2.71. The lowest BCUT2D eigenvalue weighted by molar-refractivity contribution is 0.690. The second kappa shape index (κ2) is 7.10. The number of benzene rings is 1. The minimum absolute atomic E-state index is 0.647. The van der Waals surface area contributed by atoms with E-state index in [1.807, 2.05) is 70.5 Å². The first-order valence-electron chi connectivity index (χ1n) is 8.32. The van der Waals surface area contributed by atoms with Gasteiger partial charge in [0, 0.05) is 42.3 Å². The zero-order valence-electron chi connectivity index (χ0n) is 14.2. The predicted octanol–water partition coefficient (Wildman–Crippen LogP) is 3.03. The number of rotatable bonds is 7. The van der Waals surface area contributed by atoms with Gasteiger partial charge < -0.3 is 5.32 Å². The number of anilines is 1. The minimum atomic E-state index is 0.647. The predicted molar refractivity (Wildman–Crippen MR) is 101 cm³/mol. The van der Waals surface area contributed by atoms with Gasteiger partial charge in [-0.25, -0.2) is 14.0 Å². The minimum Gasteiger partial charge on any atom is -0.366 e. The molecule has 7 heteroatoms. The Morgan fingerprint density at radius 3 is 2.62 bits per heavy atom. The van der Waals surface area contributed by atoms with Gasteiger partial charge in [0.15, 0.2) is 0 Å². The summed E-state index contributed by atoms with van der Waals surface area (Å²) < 4.78 is 5.48. The maximum absolute atomic E-state index is 4.44. The van der Waals surface area contributed by atoms with Crippen LogP contribution in [0, 0.1) is 0 Å². The highest BCUT2D eigenvalue weighted by Gasteiger charge is 2.07. The molecular formula is C19H19N7. The summed E-state index contributed by atoms with van der Waals surface area (Å²) in [4.78, 5) is 0. The SMILES string of the molecule is C=Cn1cc(CNc2ccnn2Cc2cnn(-c3ccccc3)c2)cn1. The smallest absolute Gasteiger partial charge is 0.124 e. The Morgan fingerprint density at radius 1 is 0.962 bits per heavy atom. The van der Waals surface area contributed by atoms with Crippen molar-refractivity contribution in [1.29, 1.82) is 0 Å². The third kappa shape index (κ3) is 3.41. The molecule has 4 aromatic rings. The van der Waals surface area contributed by atoms with Crippen LogP contribution in [0.3, 0.4) is 0 Å². The molecule has 4 rings (SSSR count). The highest BCUT2D eigenvalue weighted by Crippen LogP contribution is 2.13. The van der Waals surface area contributed by atoms with E-state index in [0.29, 0.717) is 13.1 Å². The van der Waals surface area contributed by atoms with Crippen molar-refractivity contribution in [2.45, 2.75) is 13.1 Å². The van der Waals surface area contributed by atoms with E-state index in [1.54, 1.807) is 17.1 Å². The fourth-order valence-corrected chi connectivity index (χ4v) is 2.71. The number of nitrogens with zero attached hydrogens (tertiary/aromatic N) is 6. The van der Waals surface area contributed by atoms with Crippen molar-refractivity contribution in [2.75, 3.05) is 5.32 Å². The van der Waals surface area contributed by atoms with Crippen LogP contribution in [0.1, 0.15) is 11.1 Å². The van der Waals surface area contributed by atoms with Crippen LogP contribution in [0.2, 0.25) is 0 Å². The second-order valence-electron chi connectivity index (χ2n) is 5.87. The molecular weight excluding hydrogens is 326 g/mol. The number of nitrogens with one attached hydrogen (secondary N) is 1. The van der Waals surface area contributed by atoms with Gasteiger partial charge in [0.25, 0.3) is 0 Å². The maximum Gasteiger partial charge on any atom is 0.124 e. The molecule has 0 unspecified atom stereocenters. The summed E-state index contributed by atoms with van der Waals surface area (Å²) >= 11 is 0. The summed E-state index contributed by atoms with van der Waals surface area (Å²) in [6.45, 7) is 5.01. The molecule has 1 aromatic carbocycles. The Balaban J connectivity index is 1.44. The Kier molecular flexibility index (Phi) is 4.34. The van der Waals surface area contributed by atoms with Crippen LogP contribution in [-0.2, 0) is 13.1 Å². The van der Waals surface area contributed by atoms with Crippen molar-refractivity contribution in [2.24, 2.45) is 0 Å². The van der Waals surface area contributed by atoms with Crippen LogP contribution in [-0.4, -0.2) is 29.3 Å². The quantitative estimate of drug-likeness (QED) is 0.559. The number of aromatic nitrogens is 6. The maximum atomic E-state index is 4.44. The molecule has 7 nitrogen and oxygen atoms in total. The first-order valence-corrected chi connectivity index (χ1v) is 8.32. The third-order valence-corrected chi connectivity index (χ3v) is 4.02. The molecule has 0 spiro atoms. The lowest BCUT2D eigenvalue weighted by atomic mass is 10.3. The standard InChI is InChI=1S/C19H19N7/c1-2-24-13-16(11-22-24)10-20-19-8-9-21-26(19)15-17-12-23-25(14-17)18-6-4-3-5-7-18/h2-9,11-14,20H,1,10,15H2. The Labute approximate surface area is 151 Å². The summed E-state index contributed by atoms with van der Waals surface area (Å²) in [5.74, 6) is 0.948. The fraction of sp³-hybridized carbons (Fsp3) is 0.105. The van der Waals surface area contributed by atoms with Gasteiger partial charge in [0.2, 0.25) is 0 Å². The molecule has 0 aliphatic rings. The van der Waals surface area contributed by atoms with E-state index < -0.39 is 0 Å².